The number of aromatic nitrogens is 2. The number of hydrogen-bond acceptors (Lipinski definition) is 2. The van der Waals surface area contributed by atoms with Gasteiger partial charge in [0, 0.05) is 6.42 Å². The van der Waals surface area contributed by atoms with Crippen molar-refractivity contribution in [2.45, 2.75) is 52.9 Å². The predicted octanol–water partition coefficient (Wildman–Crippen LogP) is 2.94. The molecule has 0 aliphatic heterocycles. The van der Waals surface area contributed by atoms with Gasteiger partial charge in [0.2, 0.25) is 5.91 Å². The third kappa shape index (κ3) is 3.68. The molecule has 2 N–H and O–H groups in total. The van der Waals surface area contributed by atoms with E-state index in [2.05, 4.69) is 22.4 Å². The van der Waals surface area contributed by atoms with E-state index in [1.807, 2.05) is 13.8 Å². The second-order valence-corrected chi connectivity index (χ2v) is 4.17. The summed E-state index contributed by atoms with van der Waals surface area (Å²) in [5.74, 6) is 0.0868. The van der Waals surface area contributed by atoms with Gasteiger partial charge in [0.05, 0.1) is 17.1 Å². The first-order valence-electron chi connectivity index (χ1n) is 5.96. The number of nitrogens with one attached hydrogen (secondary N) is 2. The van der Waals surface area contributed by atoms with Gasteiger partial charge in [0.15, 0.2) is 0 Å². The zero-order valence-corrected chi connectivity index (χ0v) is 10.4. The molecule has 1 rings (SSSR count). The van der Waals surface area contributed by atoms with Crippen LogP contribution < -0.4 is 5.32 Å². The molecule has 1 aromatic rings. The fraction of sp³-hybridized carbons (Fsp3) is 0.667. The van der Waals surface area contributed by atoms with Crippen molar-refractivity contribution in [3.8, 4) is 0 Å². The minimum atomic E-state index is 0.0868. The number of hydrogen-bond donors (Lipinski definition) is 2. The zero-order valence-electron chi connectivity index (χ0n) is 10.4. The van der Waals surface area contributed by atoms with Crippen molar-refractivity contribution in [3.63, 3.8) is 0 Å². The molecule has 0 aromatic carbocycles. The normalized spacial score (nSPS) is 10.4. The van der Waals surface area contributed by atoms with Crippen molar-refractivity contribution in [2.75, 3.05) is 5.32 Å². The Morgan fingerprint density at radius 2 is 2.06 bits per heavy atom. The summed E-state index contributed by atoms with van der Waals surface area (Å²) < 4.78 is 0. The van der Waals surface area contributed by atoms with E-state index in [-0.39, 0.29) is 5.91 Å². The maximum absolute atomic E-state index is 11.6. The Bertz CT molecular complexity index is 325. The Labute approximate surface area is 96.8 Å². The number of aromatic amines is 1. The Morgan fingerprint density at radius 1 is 1.31 bits per heavy atom. The van der Waals surface area contributed by atoms with Gasteiger partial charge in [-0.3, -0.25) is 9.89 Å². The Balaban J connectivity index is 2.34. The number of carbonyl (C=O) groups is 1. The highest BCUT2D eigenvalue weighted by Crippen LogP contribution is 2.16. The highest BCUT2D eigenvalue weighted by Gasteiger charge is 2.09. The fourth-order valence-electron chi connectivity index (χ4n) is 1.65. The van der Waals surface area contributed by atoms with E-state index in [9.17, 15) is 4.79 Å². The summed E-state index contributed by atoms with van der Waals surface area (Å²) in [5, 5.41) is 9.80. The molecule has 0 fully saturated rings. The largest absolute Gasteiger partial charge is 0.323 e. The Hall–Kier alpha value is -1.32. The topological polar surface area (TPSA) is 57.8 Å². The van der Waals surface area contributed by atoms with Crippen LogP contribution in [0.1, 0.15) is 50.4 Å². The lowest BCUT2D eigenvalue weighted by atomic mass is 10.1. The van der Waals surface area contributed by atoms with Crippen LogP contribution in [0, 0.1) is 13.8 Å². The van der Waals surface area contributed by atoms with E-state index in [1.165, 1.54) is 12.8 Å². The van der Waals surface area contributed by atoms with Crippen LogP contribution in [0.25, 0.3) is 0 Å². The van der Waals surface area contributed by atoms with E-state index in [1.54, 1.807) is 0 Å². The summed E-state index contributed by atoms with van der Waals surface area (Å²) in [6.45, 7) is 5.96. The lowest BCUT2D eigenvalue weighted by Gasteiger charge is -2.04. The van der Waals surface area contributed by atoms with Gasteiger partial charge in [-0.25, -0.2) is 0 Å². The monoisotopic (exact) mass is 223 g/mol. The molecule has 4 heteroatoms. The van der Waals surface area contributed by atoms with Crippen LogP contribution in [-0.4, -0.2) is 16.1 Å². The molecule has 90 valence electrons. The van der Waals surface area contributed by atoms with E-state index < -0.39 is 0 Å². The van der Waals surface area contributed by atoms with Gasteiger partial charge < -0.3 is 5.32 Å². The van der Waals surface area contributed by atoms with Gasteiger partial charge in [-0.1, -0.05) is 26.2 Å². The van der Waals surface area contributed by atoms with Crippen molar-refractivity contribution in [3.05, 3.63) is 11.4 Å². The summed E-state index contributed by atoms with van der Waals surface area (Å²) >= 11 is 0. The molecule has 0 unspecified atom stereocenters. The van der Waals surface area contributed by atoms with Crippen molar-refractivity contribution < 1.29 is 4.79 Å². The molecule has 0 saturated heterocycles. The van der Waals surface area contributed by atoms with Crippen LogP contribution in [0.4, 0.5) is 5.69 Å². The standard InChI is InChI=1S/C12H21N3O/c1-4-5-6-7-8-11(16)13-12-9(2)14-15-10(12)3/h4-8H2,1-3H3,(H,13,16)(H,14,15). The number of carbonyl (C=O) groups excluding carboxylic acids is 1. The number of H-pyrrole nitrogens is 1. The van der Waals surface area contributed by atoms with Crippen molar-refractivity contribution >= 4 is 11.6 Å². The maximum Gasteiger partial charge on any atom is 0.224 e. The zero-order chi connectivity index (χ0) is 12.0. The number of anilines is 1. The predicted molar refractivity (Wildman–Crippen MR) is 65.5 cm³/mol. The van der Waals surface area contributed by atoms with Crippen LogP contribution >= 0.6 is 0 Å². The average Bonchev–Trinajstić information content (AvgIpc) is 2.56. The molecule has 16 heavy (non-hydrogen) atoms. The smallest absolute Gasteiger partial charge is 0.224 e. The molecule has 1 aromatic heterocycles. The number of aryl methyl sites for hydroxylation is 2. The Morgan fingerprint density at radius 3 is 2.62 bits per heavy atom. The number of nitrogens with zero attached hydrogens (tertiary/aromatic N) is 1. The van der Waals surface area contributed by atoms with Gasteiger partial charge in [-0.05, 0) is 20.3 Å². The summed E-state index contributed by atoms with van der Waals surface area (Å²) in [7, 11) is 0. The van der Waals surface area contributed by atoms with E-state index in [0.717, 1.165) is 29.9 Å². The minimum absolute atomic E-state index is 0.0868. The number of unbranched alkanes of at least 4 members (excludes halogenated alkanes) is 3. The molecule has 1 amide bonds. The molecular weight excluding hydrogens is 202 g/mol. The van der Waals surface area contributed by atoms with Gasteiger partial charge in [-0.2, -0.15) is 5.10 Å². The van der Waals surface area contributed by atoms with Crippen molar-refractivity contribution in [1.82, 2.24) is 10.2 Å². The molecule has 0 saturated carbocycles. The van der Waals surface area contributed by atoms with Crippen molar-refractivity contribution in [1.29, 1.82) is 0 Å². The van der Waals surface area contributed by atoms with Crippen molar-refractivity contribution in [2.24, 2.45) is 0 Å². The maximum atomic E-state index is 11.6. The molecule has 0 spiro atoms. The minimum Gasteiger partial charge on any atom is -0.323 e. The van der Waals surface area contributed by atoms with Gasteiger partial charge in [0.25, 0.3) is 0 Å². The summed E-state index contributed by atoms with van der Waals surface area (Å²) in [5.41, 5.74) is 2.60. The first-order chi connectivity index (χ1) is 7.65. The highest BCUT2D eigenvalue weighted by molar-refractivity contribution is 5.91. The molecule has 0 bridgehead atoms. The lowest BCUT2D eigenvalue weighted by molar-refractivity contribution is -0.116. The molecule has 4 nitrogen and oxygen atoms in total. The van der Waals surface area contributed by atoms with Crippen LogP contribution in [0.15, 0.2) is 0 Å². The van der Waals surface area contributed by atoms with Crippen LogP contribution in [0.3, 0.4) is 0 Å². The van der Waals surface area contributed by atoms with Crippen LogP contribution in [0.5, 0.6) is 0 Å². The molecule has 0 aliphatic rings. The third-order valence-electron chi connectivity index (χ3n) is 2.65. The quantitative estimate of drug-likeness (QED) is 0.728. The first kappa shape index (κ1) is 12.7. The summed E-state index contributed by atoms with van der Waals surface area (Å²) in [6, 6.07) is 0. The van der Waals surface area contributed by atoms with Gasteiger partial charge in [-0.15, -0.1) is 0 Å². The van der Waals surface area contributed by atoms with E-state index in [0.29, 0.717) is 6.42 Å². The molecule has 1 heterocycles. The van der Waals surface area contributed by atoms with Gasteiger partial charge in [0.1, 0.15) is 0 Å². The third-order valence-corrected chi connectivity index (χ3v) is 2.65. The van der Waals surface area contributed by atoms with Crippen LogP contribution in [-0.2, 0) is 4.79 Å². The van der Waals surface area contributed by atoms with E-state index in [4.69, 9.17) is 0 Å². The summed E-state index contributed by atoms with van der Waals surface area (Å²) in [6.07, 6.45) is 5.10. The number of amides is 1. The molecule has 0 radical (unpaired) electrons. The average molecular weight is 223 g/mol. The van der Waals surface area contributed by atoms with E-state index >= 15 is 0 Å². The molecule has 0 aliphatic carbocycles. The number of rotatable bonds is 6. The summed E-state index contributed by atoms with van der Waals surface area (Å²) in [4.78, 5) is 11.6. The lowest BCUT2D eigenvalue weighted by Crippen LogP contribution is -2.12. The second kappa shape index (κ2) is 6.30. The van der Waals surface area contributed by atoms with Gasteiger partial charge >= 0.3 is 0 Å². The Kier molecular flexibility index (Phi) is 5.02. The molecular formula is C12H21N3O. The second-order valence-electron chi connectivity index (χ2n) is 4.17. The first-order valence-corrected chi connectivity index (χ1v) is 5.96. The van der Waals surface area contributed by atoms with Crippen LogP contribution in [0.2, 0.25) is 0 Å². The fourth-order valence-corrected chi connectivity index (χ4v) is 1.65. The molecule has 0 atom stereocenters. The highest BCUT2D eigenvalue weighted by atomic mass is 16.1. The SMILES string of the molecule is CCCCCCC(=O)Nc1c(C)n[nH]c1C.